The lowest BCUT2D eigenvalue weighted by atomic mass is 10.1. The van der Waals surface area contributed by atoms with Gasteiger partial charge in [-0.2, -0.15) is 0 Å². The molecule has 7 nitrogen and oxygen atoms in total. The zero-order valence-electron chi connectivity index (χ0n) is 11.8. The SMILES string of the molecule is C=Cc1cc([N+](=O)[O-])ccc1Oc1ccc2c(c1)nnn2C. The first-order chi connectivity index (χ1) is 10.6. The molecule has 7 heteroatoms. The fourth-order valence-corrected chi connectivity index (χ4v) is 2.11. The van der Waals surface area contributed by atoms with E-state index in [1.54, 1.807) is 22.9 Å². The Hall–Kier alpha value is -3.22. The van der Waals surface area contributed by atoms with E-state index >= 15 is 0 Å². The molecular formula is C15H12N4O3. The van der Waals surface area contributed by atoms with Gasteiger partial charge in [-0.05, 0) is 18.2 Å². The molecule has 3 aromatic rings. The van der Waals surface area contributed by atoms with Crippen LogP contribution in [0.5, 0.6) is 11.5 Å². The van der Waals surface area contributed by atoms with E-state index < -0.39 is 4.92 Å². The van der Waals surface area contributed by atoms with Gasteiger partial charge in [-0.1, -0.05) is 17.9 Å². The Bertz CT molecular complexity index is 886. The highest BCUT2D eigenvalue weighted by atomic mass is 16.6. The van der Waals surface area contributed by atoms with Crippen LogP contribution in [-0.4, -0.2) is 19.9 Å². The van der Waals surface area contributed by atoms with Crippen molar-refractivity contribution in [3.05, 3.63) is 58.7 Å². The third kappa shape index (κ3) is 2.39. The fourth-order valence-electron chi connectivity index (χ4n) is 2.11. The quantitative estimate of drug-likeness (QED) is 0.545. The summed E-state index contributed by atoms with van der Waals surface area (Å²) in [5, 5.41) is 18.8. The van der Waals surface area contributed by atoms with Crippen molar-refractivity contribution in [2.45, 2.75) is 0 Å². The van der Waals surface area contributed by atoms with Crippen LogP contribution in [0.4, 0.5) is 5.69 Å². The van der Waals surface area contributed by atoms with Crippen molar-refractivity contribution in [3.8, 4) is 11.5 Å². The van der Waals surface area contributed by atoms with Gasteiger partial charge in [0.15, 0.2) is 0 Å². The molecule has 0 saturated heterocycles. The van der Waals surface area contributed by atoms with E-state index in [1.807, 2.05) is 13.1 Å². The van der Waals surface area contributed by atoms with Gasteiger partial charge in [0.05, 0.1) is 10.4 Å². The summed E-state index contributed by atoms with van der Waals surface area (Å²) in [6, 6.07) is 9.77. The van der Waals surface area contributed by atoms with Gasteiger partial charge in [0.2, 0.25) is 0 Å². The molecule has 2 aromatic carbocycles. The van der Waals surface area contributed by atoms with E-state index in [-0.39, 0.29) is 5.69 Å². The van der Waals surface area contributed by atoms with Crippen LogP contribution in [0, 0.1) is 10.1 Å². The summed E-state index contributed by atoms with van der Waals surface area (Å²) in [5.41, 5.74) is 2.14. The Balaban J connectivity index is 1.97. The molecule has 0 saturated carbocycles. The molecule has 0 aliphatic carbocycles. The molecular weight excluding hydrogens is 284 g/mol. The molecule has 22 heavy (non-hydrogen) atoms. The highest BCUT2D eigenvalue weighted by Gasteiger charge is 2.11. The summed E-state index contributed by atoms with van der Waals surface area (Å²) in [5.74, 6) is 1.06. The van der Waals surface area contributed by atoms with Gasteiger partial charge in [-0.3, -0.25) is 10.1 Å². The van der Waals surface area contributed by atoms with Crippen LogP contribution in [0.15, 0.2) is 43.0 Å². The third-order valence-electron chi connectivity index (χ3n) is 3.23. The second kappa shape index (κ2) is 5.28. The Morgan fingerprint density at radius 2 is 2.14 bits per heavy atom. The number of aromatic nitrogens is 3. The van der Waals surface area contributed by atoms with Crippen LogP contribution in [-0.2, 0) is 7.05 Å². The van der Waals surface area contributed by atoms with Crippen LogP contribution in [0.2, 0.25) is 0 Å². The minimum atomic E-state index is -0.456. The number of fused-ring (bicyclic) bond motifs is 1. The van der Waals surface area contributed by atoms with Crippen molar-refractivity contribution < 1.29 is 9.66 Å². The molecule has 0 spiro atoms. The van der Waals surface area contributed by atoms with Crippen LogP contribution < -0.4 is 4.74 Å². The molecule has 110 valence electrons. The number of nitrogens with zero attached hydrogens (tertiary/aromatic N) is 4. The van der Waals surface area contributed by atoms with E-state index in [2.05, 4.69) is 16.9 Å². The molecule has 0 amide bonds. The zero-order valence-corrected chi connectivity index (χ0v) is 11.8. The Kier molecular flexibility index (Phi) is 3.30. The van der Waals surface area contributed by atoms with E-state index in [0.29, 0.717) is 22.6 Å². The van der Waals surface area contributed by atoms with E-state index in [4.69, 9.17) is 4.74 Å². The minimum absolute atomic E-state index is 0.00775. The molecule has 0 aliphatic heterocycles. The second-order valence-corrected chi connectivity index (χ2v) is 4.65. The lowest BCUT2D eigenvalue weighted by Gasteiger charge is -2.08. The van der Waals surface area contributed by atoms with Crippen molar-refractivity contribution in [1.82, 2.24) is 15.0 Å². The number of hydrogen-bond acceptors (Lipinski definition) is 5. The molecule has 0 fully saturated rings. The Morgan fingerprint density at radius 1 is 1.32 bits per heavy atom. The first-order valence-corrected chi connectivity index (χ1v) is 6.46. The minimum Gasteiger partial charge on any atom is -0.457 e. The molecule has 0 atom stereocenters. The first kappa shape index (κ1) is 13.7. The number of hydrogen-bond donors (Lipinski definition) is 0. The van der Waals surface area contributed by atoms with Gasteiger partial charge in [0.25, 0.3) is 5.69 Å². The standard InChI is InChI=1S/C15H12N4O3/c1-3-10-8-11(19(20)21)4-7-15(10)22-12-5-6-14-13(9-12)16-17-18(14)2/h3-9H,1H2,2H3. The van der Waals surface area contributed by atoms with E-state index in [9.17, 15) is 10.1 Å². The molecule has 0 radical (unpaired) electrons. The molecule has 3 rings (SSSR count). The number of benzene rings is 2. The summed E-state index contributed by atoms with van der Waals surface area (Å²) in [7, 11) is 1.81. The van der Waals surface area contributed by atoms with Crippen LogP contribution in [0.3, 0.4) is 0 Å². The van der Waals surface area contributed by atoms with Crippen molar-refractivity contribution >= 4 is 22.8 Å². The van der Waals surface area contributed by atoms with Crippen molar-refractivity contribution in [2.24, 2.45) is 7.05 Å². The average molecular weight is 296 g/mol. The van der Waals surface area contributed by atoms with Gasteiger partial charge in [-0.25, -0.2) is 4.68 Å². The number of rotatable bonds is 4. The lowest BCUT2D eigenvalue weighted by molar-refractivity contribution is -0.384. The molecule has 0 aliphatic rings. The largest absolute Gasteiger partial charge is 0.457 e. The van der Waals surface area contributed by atoms with E-state index in [0.717, 1.165) is 5.52 Å². The summed E-state index contributed by atoms with van der Waals surface area (Å²) < 4.78 is 7.45. The maximum Gasteiger partial charge on any atom is 0.270 e. The number of nitro groups is 1. The van der Waals surface area contributed by atoms with Crippen molar-refractivity contribution in [1.29, 1.82) is 0 Å². The summed E-state index contributed by atoms with van der Waals surface area (Å²) in [6.45, 7) is 3.66. The smallest absolute Gasteiger partial charge is 0.270 e. The van der Waals surface area contributed by atoms with Gasteiger partial charge >= 0.3 is 0 Å². The lowest BCUT2D eigenvalue weighted by Crippen LogP contribution is -1.92. The predicted molar refractivity (Wildman–Crippen MR) is 81.8 cm³/mol. The van der Waals surface area contributed by atoms with Gasteiger partial charge < -0.3 is 4.74 Å². The summed E-state index contributed by atoms with van der Waals surface area (Å²) >= 11 is 0. The number of aryl methyl sites for hydroxylation is 1. The molecule has 1 heterocycles. The number of ether oxygens (including phenoxy) is 1. The Labute approximate surface area is 125 Å². The molecule has 0 bridgehead atoms. The first-order valence-electron chi connectivity index (χ1n) is 6.46. The summed E-state index contributed by atoms with van der Waals surface area (Å²) in [6.07, 6.45) is 1.52. The third-order valence-corrected chi connectivity index (χ3v) is 3.23. The Morgan fingerprint density at radius 3 is 2.86 bits per heavy atom. The van der Waals surface area contributed by atoms with Gasteiger partial charge in [-0.15, -0.1) is 5.10 Å². The predicted octanol–water partition coefficient (Wildman–Crippen LogP) is 3.31. The molecule has 0 unspecified atom stereocenters. The molecule has 0 N–H and O–H groups in total. The van der Waals surface area contributed by atoms with Crippen molar-refractivity contribution in [2.75, 3.05) is 0 Å². The highest BCUT2D eigenvalue weighted by Crippen LogP contribution is 2.30. The number of non-ortho nitro benzene ring substituents is 1. The second-order valence-electron chi connectivity index (χ2n) is 4.65. The van der Waals surface area contributed by atoms with Crippen LogP contribution >= 0.6 is 0 Å². The zero-order chi connectivity index (χ0) is 15.7. The normalized spacial score (nSPS) is 10.6. The highest BCUT2D eigenvalue weighted by molar-refractivity contribution is 5.76. The topological polar surface area (TPSA) is 83.1 Å². The van der Waals surface area contributed by atoms with Crippen LogP contribution in [0.1, 0.15) is 5.56 Å². The summed E-state index contributed by atoms with van der Waals surface area (Å²) in [4.78, 5) is 10.3. The maximum atomic E-state index is 10.8. The molecule has 1 aromatic heterocycles. The van der Waals surface area contributed by atoms with Gasteiger partial charge in [0, 0.05) is 30.8 Å². The van der Waals surface area contributed by atoms with E-state index in [1.165, 1.54) is 18.2 Å². The van der Waals surface area contributed by atoms with Crippen molar-refractivity contribution in [3.63, 3.8) is 0 Å². The van der Waals surface area contributed by atoms with Crippen LogP contribution in [0.25, 0.3) is 17.1 Å². The fraction of sp³-hybridized carbons (Fsp3) is 0.0667. The monoisotopic (exact) mass is 296 g/mol. The van der Waals surface area contributed by atoms with Gasteiger partial charge in [0.1, 0.15) is 17.0 Å². The maximum absolute atomic E-state index is 10.8. The average Bonchev–Trinajstić information content (AvgIpc) is 2.88. The number of nitro benzene ring substituents is 1.